The number of alkyl halides is 3. The van der Waals surface area contributed by atoms with Crippen molar-refractivity contribution in [1.29, 1.82) is 0 Å². The van der Waals surface area contributed by atoms with E-state index in [2.05, 4.69) is 5.32 Å². The number of benzene rings is 2. The molecule has 8 heteroatoms. The number of nitrogens with one attached hydrogen (secondary N) is 1. The van der Waals surface area contributed by atoms with Crippen LogP contribution in [0.3, 0.4) is 0 Å². The topological polar surface area (TPSA) is 21.3 Å². The Hall–Kier alpha value is -1.34. The Kier molecular flexibility index (Phi) is 7.73. The molecule has 0 amide bonds. The van der Waals surface area contributed by atoms with E-state index in [1.807, 2.05) is 0 Å². The van der Waals surface area contributed by atoms with Crippen LogP contribution in [0.15, 0.2) is 42.5 Å². The average Bonchev–Trinajstić information content (AvgIpc) is 2.62. The molecule has 1 aliphatic heterocycles. The molecular weight excluding hydrogens is 417 g/mol. The predicted octanol–water partition coefficient (Wildman–Crippen LogP) is 6.49. The van der Waals surface area contributed by atoms with Crippen molar-refractivity contribution in [2.45, 2.75) is 44.2 Å². The SMILES string of the molecule is C[C@@H](O[C@H]1CCCN[C@H]1c1ccc(F)cc1)c1cc(C(F)(F)F)ccc1Cl.Cl. The Labute approximate surface area is 172 Å². The molecule has 0 radical (unpaired) electrons. The van der Waals surface area contributed by atoms with Crippen LogP contribution in [0.25, 0.3) is 0 Å². The molecule has 3 rings (SSSR count). The molecule has 0 aliphatic carbocycles. The van der Waals surface area contributed by atoms with E-state index in [9.17, 15) is 17.6 Å². The van der Waals surface area contributed by atoms with Crippen LogP contribution in [0.2, 0.25) is 5.02 Å². The highest BCUT2D eigenvalue weighted by atomic mass is 35.5. The summed E-state index contributed by atoms with van der Waals surface area (Å²) < 4.78 is 58.4. The smallest absolute Gasteiger partial charge is 0.369 e. The van der Waals surface area contributed by atoms with E-state index in [1.54, 1.807) is 19.1 Å². The first-order valence-electron chi connectivity index (χ1n) is 8.76. The van der Waals surface area contributed by atoms with Crippen LogP contribution in [-0.4, -0.2) is 12.6 Å². The largest absolute Gasteiger partial charge is 0.416 e. The number of hydrogen-bond donors (Lipinski definition) is 1. The van der Waals surface area contributed by atoms with Gasteiger partial charge in [-0.15, -0.1) is 12.4 Å². The molecule has 2 aromatic carbocycles. The fourth-order valence-electron chi connectivity index (χ4n) is 3.38. The van der Waals surface area contributed by atoms with Crippen molar-refractivity contribution in [3.63, 3.8) is 0 Å². The summed E-state index contributed by atoms with van der Waals surface area (Å²) in [5.41, 5.74) is 0.424. The van der Waals surface area contributed by atoms with Gasteiger partial charge in [-0.3, -0.25) is 0 Å². The average molecular weight is 438 g/mol. The summed E-state index contributed by atoms with van der Waals surface area (Å²) in [6.45, 7) is 2.48. The lowest BCUT2D eigenvalue weighted by atomic mass is 9.94. The van der Waals surface area contributed by atoms with Gasteiger partial charge in [0.05, 0.1) is 23.8 Å². The molecule has 1 saturated heterocycles. The first-order chi connectivity index (χ1) is 12.8. The van der Waals surface area contributed by atoms with Gasteiger partial charge in [0, 0.05) is 5.02 Å². The quantitative estimate of drug-likeness (QED) is 0.551. The molecule has 0 spiro atoms. The van der Waals surface area contributed by atoms with E-state index in [1.165, 1.54) is 18.2 Å². The second-order valence-electron chi connectivity index (χ2n) is 6.68. The summed E-state index contributed by atoms with van der Waals surface area (Å²) in [6.07, 6.45) is -3.69. The van der Waals surface area contributed by atoms with Gasteiger partial charge in [-0.05, 0) is 67.8 Å². The van der Waals surface area contributed by atoms with Crippen LogP contribution >= 0.6 is 24.0 Å². The molecule has 1 fully saturated rings. The minimum Gasteiger partial charge on any atom is -0.369 e. The van der Waals surface area contributed by atoms with Crippen molar-refractivity contribution < 1.29 is 22.3 Å². The minimum absolute atomic E-state index is 0. The van der Waals surface area contributed by atoms with Gasteiger partial charge >= 0.3 is 6.18 Å². The number of rotatable bonds is 4. The maximum atomic E-state index is 13.2. The molecule has 154 valence electrons. The van der Waals surface area contributed by atoms with Crippen LogP contribution in [0.4, 0.5) is 17.6 Å². The Bertz CT molecular complexity index is 783. The minimum atomic E-state index is -4.44. The molecule has 0 saturated carbocycles. The predicted molar refractivity (Wildman–Crippen MR) is 103 cm³/mol. The van der Waals surface area contributed by atoms with E-state index in [-0.39, 0.29) is 35.4 Å². The third-order valence-corrected chi connectivity index (χ3v) is 5.11. The lowest BCUT2D eigenvalue weighted by Gasteiger charge is -2.35. The summed E-state index contributed by atoms with van der Waals surface area (Å²) in [7, 11) is 0. The molecule has 1 aliphatic rings. The lowest BCUT2D eigenvalue weighted by molar-refractivity contribution is -0.137. The Balaban J connectivity index is 0.00000280. The second-order valence-corrected chi connectivity index (χ2v) is 7.08. The van der Waals surface area contributed by atoms with Gasteiger partial charge in [-0.25, -0.2) is 4.39 Å². The van der Waals surface area contributed by atoms with Crippen molar-refractivity contribution in [2.24, 2.45) is 0 Å². The fourth-order valence-corrected chi connectivity index (χ4v) is 3.65. The highest BCUT2D eigenvalue weighted by Crippen LogP contribution is 2.37. The zero-order valence-electron chi connectivity index (χ0n) is 15.1. The highest BCUT2D eigenvalue weighted by molar-refractivity contribution is 6.31. The van der Waals surface area contributed by atoms with Gasteiger partial charge in [0.2, 0.25) is 0 Å². The Morgan fingerprint density at radius 2 is 1.82 bits per heavy atom. The molecule has 3 atom stereocenters. The van der Waals surface area contributed by atoms with E-state index >= 15 is 0 Å². The molecule has 0 unspecified atom stereocenters. The summed E-state index contributed by atoms with van der Waals surface area (Å²) in [5, 5.41) is 3.59. The van der Waals surface area contributed by atoms with Crippen LogP contribution in [0.5, 0.6) is 0 Å². The van der Waals surface area contributed by atoms with Crippen molar-refractivity contribution in [3.8, 4) is 0 Å². The normalized spacial score (nSPS) is 21.1. The Morgan fingerprint density at radius 3 is 2.46 bits per heavy atom. The van der Waals surface area contributed by atoms with E-state index in [4.69, 9.17) is 16.3 Å². The fraction of sp³-hybridized carbons (Fsp3) is 0.400. The van der Waals surface area contributed by atoms with Crippen molar-refractivity contribution in [3.05, 3.63) is 70.0 Å². The summed E-state index contributed by atoms with van der Waals surface area (Å²) in [5.74, 6) is -0.323. The summed E-state index contributed by atoms with van der Waals surface area (Å²) >= 11 is 6.13. The second kappa shape index (κ2) is 9.44. The molecule has 1 heterocycles. The monoisotopic (exact) mass is 437 g/mol. The highest BCUT2D eigenvalue weighted by Gasteiger charge is 2.33. The number of piperidine rings is 1. The van der Waals surface area contributed by atoms with Crippen molar-refractivity contribution in [2.75, 3.05) is 6.54 Å². The third kappa shape index (κ3) is 5.38. The zero-order valence-corrected chi connectivity index (χ0v) is 16.7. The molecule has 28 heavy (non-hydrogen) atoms. The van der Waals surface area contributed by atoms with Gasteiger partial charge < -0.3 is 10.1 Å². The number of halogens is 6. The van der Waals surface area contributed by atoms with Gasteiger partial charge in [0.1, 0.15) is 5.82 Å². The van der Waals surface area contributed by atoms with Gasteiger partial charge in [0.15, 0.2) is 0 Å². The van der Waals surface area contributed by atoms with Gasteiger partial charge in [0.25, 0.3) is 0 Å². The van der Waals surface area contributed by atoms with Crippen molar-refractivity contribution in [1.82, 2.24) is 5.32 Å². The third-order valence-electron chi connectivity index (χ3n) is 4.77. The van der Waals surface area contributed by atoms with Crippen LogP contribution in [-0.2, 0) is 10.9 Å². The lowest BCUT2D eigenvalue weighted by Crippen LogP contribution is -2.39. The number of hydrogen-bond acceptors (Lipinski definition) is 2. The molecular formula is C20H21Cl2F4NO. The Morgan fingerprint density at radius 1 is 1.14 bits per heavy atom. The summed E-state index contributed by atoms with van der Waals surface area (Å²) in [6, 6.07) is 9.24. The maximum absolute atomic E-state index is 13.2. The molecule has 1 N–H and O–H groups in total. The van der Waals surface area contributed by atoms with E-state index in [0.29, 0.717) is 5.56 Å². The summed E-state index contributed by atoms with van der Waals surface area (Å²) in [4.78, 5) is 0. The first kappa shape index (κ1) is 22.9. The standard InChI is InChI=1S/C20H20ClF4NO.ClH/c1-12(16-11-14(20(23,24)25)6-9-17(16)21)27-18-3-2-10-26-19(18)13-4-7-15(22)8-5-13;/h4-9,11-12,18-19,26H,2-3,10H2,1H3;1H/t12-,18+,19+;/m1./s1. The van der Waals surface area contributed by atoms with E-state index in [0.717, 1.165) is 37.1 Å². The zero-order chi connectivity index (χ0) is 19.6. The van der Waals surface area contributed by atoms with Crippen molar-refractivity contribution >= 4 is 24.0 Å². The van der Waals surface area contributed by atoms with Crippen LogP contribution in [0.1, 0.15) is 48.6 Å². The van der Waals surface area contributed by atoms with Crippen LogP contribution < -0.4 is 5.32 Å². The van der Waals surface area contributed by atoms with Crippen LogP contribution in [0, 0.1) is 5.82 Å². The maximum Gasteiger partial charge on any atom is 0.416 e. The first-order valence-corrected chi connectivity index (χ1v) is 9.14. The van der Waals surface area contributed by atoms with Gasteiger partial charge in [-0.2, -0.15) is 13.2 Å². The van der Waals surface area contributed by atoms with E-state index < -0.39 is 17.8 Å². The molecule has 2 aromatic rings. The molecule has 2 nitrogen and oxygen atoms in total. The molecule has 0 bridgehead atoms. The van der Waals surface area contributed by atoms with Gasteiger partial charge in [-0.1, -0.05) is 23.7 Å². The number of ether oxygens (including phenoxy) is 1. The molecule has 0 aromatic heterocycles.